The zero-order chi connectivity index (χ0) is 13.3. The maximum Gasteiger partial charge on any atom is 0.267 e. The number of carbonyl (C=O) groups is 1. The molecule has 2 aromatic rings. The van der Waals surface area contributed by atoms with Crippen LogP contribution in [0.25, 0.3) is 0 Å². The number of aromatic nitrogens is 2. The number of nitrogens with zero attached hydrogens (tertiary/aromatic N) is 1. The molecule has 18 heavy (non-hydrogen) atoms. The van der Waals surface area contributed by atoms with Crippen molar-refractivity contribution in [2.45, 2.75) is 13.5 Å². The summed E-state index contributed by atoms with van der Waals surface area (Å²) in [5.41, 5.74) is 0.0355. The van der Waals surface area contributed by atoms with Crippen molar-refractivity contribution >= 4 is 5.78 Å². The van der Waals surface area contributed by atoms with Gasteiger partial charge in [0.1, 0.15) is 17.3 Å². The van der Waals surface area contributed by atoms with E-state index in [0.717, 1.165) is 28.9 Å². The van der Waals surface area contributed by atoms with Gasteiger partial charge in [-0.05, 0) is 17.7 Å². The Morgan fingerprint density at radius 1 is 1.22 bits per heavy atom. The van der Waals surface area contributed by atoms with E-state index in [4.69, 9.17) is 0 Å². The number of ketones is 1. The van der Waals surface area contributed by atoms with Crippen LogP contribution in [0.15, 0.2) is 29.1 Å². The average molecular weight is 252 g/mol. The molecular formula is C12H10F2N2O2. The third kappa shape index (κ3) is 2.53. The molecule has 0 spiro atoms. The molecule has 6 heteroatoms. The molecule has 1 heterocycles. The predicted octanol–water partition coefficient (Wildman–Crippen LogP) is 1.71. The number of nitrogens with one attached hydrogen (secondary N) is 1. The molecular weight excluding hydrogens is 242 g/mol. The summed E-state index contributed by atoms with van der Waals surface area (Å²) in [7, 11) is 0. The lowest BCUT2D eigenvalue weighted by atomic mass is 10.2. The van der Waals surface area contributed by atoms with Crippen LogP contribution in [0, 0.1) is 11.6 Å². The smallest absolute Gasteiger partial charge is 0.267 e. The number of carbonyl (C=O) groups excluding carboxylic acids is 1. The summed E-state index contributed by atoms with van der Waals surface area (Å²) < 4.78 is 27.1. The van der Waals surface area contributed by atoms with E-state index in [1.807, 2.05) is 0 Å². The van der Waals surface area contributed by atoms with Crippen LogP contribution >= 0.6 is 0 Å². The monoisotopic (exact) mass is 252 g/mol. The van der Waals surface area contributed by atoms with Gasteiger partial charge in [-0.1, -0.05) is 0 Å². The molecule has 0 saturated heterocycles. The second-order valence-corrected chi connectivity index (χ2v) is 3.93. The van der Waals surface area contributed by atoms with Crippen LogP contribution < -0.4 is 5.56 Å². The minimum absolute atomic E-state index is 0.0270. The lowest BCUT2D eigenvalue weighted by molar-refractivity contribution is 0.101. The van der Waals surface area contributed by atoms with E-state index >= 15 is 0 Å². The molecule has 0 amide bonds. The fourth-order valence-electron chi connectivity index (χ4n) is 1.62. The summed E-state index contributed by atoms with van der Waals surface area (Å²) in [4.78, 5) is 22.6. The Bertz CT molecular complexity index is 638. The highest BCUT2D eigenvalue weighted by Gasteiger charge is 2.08. The van der Waals surface area contributed by atoms with Crippen molar-refractivity contribution < 1.29 is 13.6 Å². The molecule has 1 N–H and O–H groups in total. The Hall–Kier alpha value is -2.24. The Morgan fingerprint density at radius 2 is 1.83 bits per heavy atom. The number of benzene rings is 1. The first-order valence-corrected chi connectivity index (χ1v) is 5.21. The quantitative estimate of drug-likeness (QED) is 0.845. The zero-order valence-corrected chi connectivity index (χ0v) is 9.54. The molecule has 1 aromatic heterocycles. The second kappa shape index (κ2) is 4.56. The first kappa shape index (κ1) is 12.2. The summed E-state index contributed by atoms with van der Waals surface area (Å²) in [6.45, 7) is 1.29. The van der Waals surface area contributed by atoms with Gasteiger partial charge in [0.2, 0.25) is 0 Å². The molecule has 94 valence electrons. The van der Waals surface area contributed by atoms with Crippen molar-refractivity contribution in [3.63, 3.8) is 0 Å². The van der Waals surface area contributed by atoms with Gasteiger partial charge in [0.15, 0.2) is 5.78 Å². The molecule has 0 unspecified atom stereocenters. The minimum Gasteiger partial charge on any atom is -0.293 e. The minimum atomic E-state index is -0.712. The Kier molecular flexibility index (Phi) is 3.10. The fourth-order valence-corrected chi connectivity index (χ4v) is 1.62. The average Bonchev–Trinajstić information content (AvgIpc) is 2.59. The third-order valence-electron chi connectivity index (χ3n) is 2.43. The van der Waals surface area contributed by atoms with Gasteiger partial charge in [0.25, 0.3) is 5.56 Å². The Labute approximate surface area is 101 Å². The number of hydrogen-bond donors (Lipinski definition) is 1. The van der Waals surface area contributed by atoms with Crippen LogP contribution in [0.5, 0.6) is 0 Å². The van der Waals surface area contributed by atoms with E-state index in [-0.39, 0.29) is 18.0 Å². The highest BCUT2D eigenvalue weighted by Crippen LogP contribution is 2.08. The molecule has 0 aliphatic heterocycles. The summed E-state index contributed by atoms with van der Waals surface area (Å²) >= 11 is 0. The van der Waals surface area contributed by atoms with Gasteiger partial charge >= 0.3 is 0 Å². The summed E-state index contributed by atoms with van der Waals surface area (Å²) in [5.74, 6) is -1.70. The van der Waals surface area contributed by atoms with E-state index in [1.165, 1.54) is 6.92 Å². The van der Waals surface area contributed by atoms with Gasteiger partial charge in [0, 0.05) is 19.1 Å². The van der Waals surface area contributed by atoms with Crippen LogP contribution in [-0.4, -0.2) is 15.6 Å². The first-order chi connectivity index (χ1) is 8.45. The molecule has 1 aromatic carbocycles. The normalized spacial score (nSPS) is 10.6. The fraction of sp³-hybridized carbons (Fsp3) is 0.167. The largest absolute Gasteiger partial charge is 0.293 e. The summed E-state index contributed by atoms with van der Waals surface area (Å²) in [6.07, 6.45) is 0. The summed E-state index contributed by atoms with van der Waals surface area (Å²) in [6, 6.07) is 4.16. The lowest BCUT2D eigenvalue weighted by Gasteiger charge is -2.03. The molecule has 2 rings (SSSR count). The van der Waals surface area contributed by atoms with Crippen LogP contribution in [0.3, 0.4) is 0 Å². The molecule has 0 aliphatic carbocycles. The number of Topliss-reactive ketones (excluding diaryl/α,β-unsaturated/α-hetero) is 1. The zero-order valence-electron chi connectivity index (χ0n) is 9.54. The van der Waals surface area contributed by atoms with Crippen molar-refractivity contribution in [2.75, 3.05) is 0 Å². The van der Waals surface area contributed by atoms with Crippen molar-refractivity contribution in [3.8, 4) is 0 Å². The number of hydrogen-bond acceptors (Lipinski definition) is 2. The van der Waals surface area contributed by atoms with Gasteiger partial charge < -0.3 is 0 Å². The first-order valence-electron chi connectivity index (χ1n) is 5.21. The van der Waals surface area contributed by atoms with Crippen molar-refractivity contribution in [3.05, 3.63) is 57.5 Å². The van der Waals surface area contributed by atoms with Crippen LogP contribution in [0.2, 0.25) is 0 Å². The number of H-pyrrole nitrogens is 1. The van der Waals surface area contributed by atoms with Crippen LogP contribution in [-0.2, 0) is 6.54 Å². The van der Waals surface area contributed by atoms with Crippen molar-refractivity contribution in [1.82, 2.24) is 9.78 Å². The molecule has 0 fully saturated rings. The van der Waals surface area contributed by atoms with Gasteiger partial charge in [0.05, 0.1) is 6.54 Å². The van der Waals surface area contributed by atoms with Gasteiger partial charge in [-0.3, -0.25) is 14.7 Å². The standard InChI is InChI=1S/C12H10F2N2O2/c1-7(17)11-5-12(18)16(15-11)6-8-2-9(13)4-10(14)3-8/h2-5,15H,6H2,1H3. The van der Waals surface area contributed by atoms with Crippen LogP contribution in [0.1, 0.15) is 23.0 Å². The van der Waals surface area contributed by atoms with Gasteiger partial charge in [-0.2, -0.15) is 0 Å². The Morgan fingerprint density at radius 3 is 2.33 bits per heavy atom. The van der Waals surface area contributed by atoms with E-state index in [0.29, 0.717) is 5.56 Å². The molecule has 0 aliphatic rings. The molecule has 0 bridgehead atoms. The van der Waals surface area contributed by atoms with Gasteiger partial charge in [-0.25, -0.2) is 13.5 Å². The van der Waals surface area contributed by atoms with E-state index in [1.54, 1.807) is 0 Å². The predicted molar refractivity (Wildman–Crippen MR) is 60.5 cm³/mol. The summed E-state index contributed by atoms with van der Waals surface area (Å²) in [5, 5.41) is 2.58. The highest BCUT2D eigenvalue weighted by molar-refractivity contribution is 5.91. The van der Waals surface area contributed by atoms with E-state index in [2.05, 4.69) is 5.10 Å². The molecule has 4 nitrogen and oxygen atoms in total. The van der Waals surface area contributed by atoms with Gasteiger partial charge in [-0.15, -0.1) is 0 Å². The topological polar surface area (TPSA) is 54.9 Å². The van der Waals surface area contributed by atoms with E-state index < -0.39 is 17.2 Å². The maximum atomic E-state index is 13.0. The second-order valence-electron chi connectivity index (χ2n) is 3.93. The number of halogens is 2. The SMILES string of the molecule is CC(=O)c1cc(=O)n(Cc2cc(F)cc(F)c2)[nH]1. The molecule has 0 radical (unpaired) electrons. The maximum absolute atomic E-state index is 13.0. The van der Waals surface area contributed by atoms with Crippen molar-refractivity contribution in [1.29, 1.82) is 0 Å². The number of rotatable bonds is 3. The van der Waals surface area contributed by atoms with E-state index in [9.17, 15) is 18.4 Å². The third-order valence-corrected chi connectivity index (χ3v) is 2.43. The lowest BCUT2D eigenvalue weighted by Crippen LogP contribution is -2.16. The Balaban J connectivity index is 2.34. The molecule has 0 saturated carbocycles. The number of aromatic amines is 1. The highest BCUT2D eigenvalue weighted by atomic mass is 19.1. The van der Waals surface area contributed by atoms with Crippen LogP contribution in [0.4, 0.5) is 8.78 Å². The van der Waals surface area contributed by atoms with Crippen molar-refractivity contribution in [2.24, 2.45) is 0 Å². The molecule has 0 atom stereocenters.